The van der Waals surface area contributed by atoms with E-state index >= 15 is 0 Å². The molecule has 0 aliphatic rings. The van der Waals surface area contributed by atoms with Gasteiger partial charge in [-0.3, -0.25) is 0 Å². The summed E-state index contributed by atoms with van der Waals surface area (Å²) in [5, 5.41) is 8.03. The summed E-state index contributed by atoms with van der Waals surface area (Å²) in [6, 6.07) is 10.8. The Kier molecular flexibility index (Phi) is 4.30. The van der Waals surface area contributed by atoms with Crippen LogP contribution in [0.25, 0.3) is 0 Å². The number of hydrogen-bond donors (Lipinski definition) is 1. The van der Waals surface area contributed by atoms with Gasteiger partial charge in [0.25, 0.3) is 0 Å². The number of hydrogen-bond acceptors (Lipinski definition) is 5. The van der Waals surface area contributed by atoms with E-state index in [4.69, 9.17) is 10.2 Å². The predicted molar refractivity (Wildman–Crippen MR) is 70.2 cm³/mol. The zero-order valence-electron chi connectivity index (χ0n) is 10.5. The van der Waals surface area contributed by atoms with E-state index in [1.807, 2.05) is 23.1 Å². The van der Waals surface area contributed by atoms with Crippen molar-refractivity contribution in [2.45, 2.75) is 19.9 Å². The van der Waals surface area contributed by atoms with E-state index in [9.17, 15) is 0 Å². The van der Waals surface area contributed by atoms with Crippen molar-refractivity contribution in [3.63, 3.8) is 0 Å². The minimum absolute atomic E-state index is 0.520. The maximum Gasteiger partial charge on any atom is 0.318 e. The fourth-order valence-electron chi connectivity index (χ4n) is 1.72. The van der Waals surface area contributed by atoms with Crippen molar-refractivity contribution in [2.75, 3.05) is 18.0 Å². The van der Waals surface area contributed by atoms with E-state index < -0.39 is 0 Å². The van der Waals surface area contributed by atoms with Crippen LogP contribution >= 0.6 is 0 Å². The molecule has 5 heteroatoms. The second kappa shape index (κ2) is 6.16. The number of nitrogens with zero attached hydrogens (tertiary/aromatic N) is 3. The van der Waals surface area contributed by atoms with Crippen LogP contribution < -0.4 is 10.6 Å². The molecular formula is C13H18N4O. The molecule has 0 unspecified atom stereocenters. The van der Waals surface area contributed by atoms with Gasteiger partial charge in [0, 0.05) is 26.1 Å². The van der Waals surface area contributed by atoms with Crippen LogP contribution in [0.15, 0.2) is 34.7 Å². The Labute approximate surface area is 107 Å². The Morgan fingerprint density at radius 1 is 1.22 bits per heavy atom. The summed E-state index contributed by atoms with van der Waals surface area (Å²) in [5.41, 5.74) is 6.68. The van der Waals surface area contributed by atoms with Crippen molar-refractivity contribution >= 4 is 6.01 Å². The lowest BCUT2D eigenvalue weighted by Gasteiger charge is -2.17. The summed E-state index contributed by atoms with van der Waals surface area (Å²) in [4.78, 5) is 2.04. The molecule has 0 aliphatic heterocycles. The Bertz CT molecular complexity index is 469. The zero-order chi connectivity index (χ0) is 12.8. The van der Waals surface area contributed by atoms with Gasteiger partial charge in [-0.05, 0) is 12.5 Å². The first kappa shape index (κ1) is 12.6. The number of anilines is 1. The van der Waals surface area contributed by atoms with Crippen LogP contribution in [0.5, 0.6) is 0 Å². The molecule has 0 aliphatic carbocycles. The summed E-state index contributed by atoms with van der Waals surface area (Å²) < 4.78 is 5.57. The van der Waals surface area contributed by atoms with Gasteiger partial charge >= 0.3 is 6.01 Å². The van der Waals surface area contributed by atoms with Crippen molar-refractivity contribution in [1.82, 2.24) is 10.2 Å². The Balaban J connectivity index is 2.08. The van der Waals surface area contributed by atoms with Crippen molar-refractivity contribution < 1.29 is 4.42 Å². The molecule has 0 radical (unpaired) electrons. The molecule has 0 fully saturated rings. The Hall–Kier alpha value is -1.88. The first-order valence-electron chi connectivity index (χ1n) is 6.14. The number of rotatable bonds is 6. The molecule has 0 amide bonds. The summed E-state index contributed by atoms with van der Waals surface area (Å²) in [6.07, 6.45) is 0.621. The normalized spacial score (nSPS) is 10.6. The maximum atomic E-state index is 5.57. The van der Waals surface area contributed by atoms with Gasteiger partial charge in [0.15, 0.2) is 0 Å². The molecule has 5 nitrogen and oxygen atoms in total. The van der Waals surface area contributed by atoms with Gasteiger partial charge in [0.2, 0.25) is 5.89 Å². The monoisotopic (exact) mass is 246 g/mol. The molecule has 0 atom stereocenters. The highest BCUT2D eigenvalue weighted by Gasteiger charge is 2.12. The summed E-state index contributed by atoms with van der Waals surface area (Å²) in [6.45, 7) is 4.17. The lowest BCUT2D eigenvalue weighted by Crippen LogP contribution is -2.22. The minimum atomic E-state index is 0.520. The van der Waals surface area contributed by atoms with Crippen LogP contribution in [0, 0.1) is 0 Å². The lowest BCUT2D eigenvalue weighted by atomic mass is 10.2. The number of benzene rings is 1. The van der Waals surface area contributed by atoms with Crippen LogP contribution in [0.2, 0.25) is 0 Å². The predicted octanol–water partition coefficient (Wildman–Crippen LogP) is 1.60. The van der Waals surface area contributed by atoms with Crippen molar-refractivity contribution in [3.05, 3.63) is 41.8 Å². The second-order valence-corrected chi connectivity index (χ2v) is 4.02. The van der Waals surface area contributed by atoms with E-state index in [-0.39, 0.29) is 0 Å². The average Bonchev–Trinajstić information content (AvgIpc) is 2.86. The smallest absolute Gasteiger partial charge is 0.318 e. The van der Waals surface area contributed by atoms with Crippen LogP contribution in [0.3, 0.4) is 0 Å². The van der Waals surface area contributed by atoms with E-state index in [1.54, 1.807) is 0 Å². The first-order chi connectivity index (χ1) is 8.83. The van der Waals surface area contributed by atoms with Crippen LogP contribution in [-0.2, 0) is 13.0 Å². The van der Waals surface area contributed by atoms with Crippen molar-refractivity contribution in [1.29, 1.82) is 0 Å². The molecule has 2 N–H and O–H groups in total. The SMILES string of the molecule is CCN(Cc1ccccc1)c1nnc(CCN)o1. The molecular weight excluding hydrogens is 228 g/mol. The van der Waals surface area contributed by atoms with E-state index in [1.165, 1.54) is 5.56 Å². The third kappa shape index (κ3) is 3.07. The van der Waals surface area contributed by atoms with Crippen LogP contribution in [-0.4, -0.2) is 23.3 Å². The lowest BCUT2D eigenvalue weighted by molar-refractivity contribution is 0.484. The standard InChI is InChI=1S/C13H18N4O/c1-2-17(10-11-6-4-3-5-7-11)13-16-15-12(18-13)8-9-14/h3-7H,2,8-10,14H2,1H3. The zero-order valence-corrected chi connectivity index (χ0v) is 10.5. The quantitative estimate of drug-likeness (QED) is 0.838. The highest BCUT2D eigenvalue weighted by Crippen LogP contribution is 2.15. The van der Waals surface area contributed by atoms with Gasteiger partial charge in [0.1, 0.15) is 0 Å². The fraction of sp³-hybridized carbons (Fsp3) is 0.385. The third-order valence-corrected chi connectivity index (χ3v) is 2.68. The molecule has 1 aromatic carbocycles. The molecule has 96 valence electrons. The summed E-state index contributed by atoms with van der Waals surface area (Å²) in [5.74, 6) is 0.596. The Morgan fingerprint density at radius 2 is 2.00 bits per heavy atom. The molecule has 0 spiro atoms. The van der Waals surface area contributed by atoms with Gasteiger partial charge in [-0.2, -0.15) is 0 Å². The van der Waals surface area contributed by atoms with E-state index in [0.29, 0.717) is 24.9 Å². The van der Waals surface area contributed by atoms with Gasteiger partial charge in [-0.1, -0.05) is 35.4 Å². The Morgan fingerprint density at radius 3 is 2.67 bits per heavy atom. The molecule has 2 aromatic rings. The summed E-state index contributed by atoms with van der Waals surface area (Å²) >= 11 is 0. The average molecular weight is 246 g/mol. The van der Waals surface area contributed by atoms with Crippen LogP contribution in [0.1, 0.15) is 18.4 Å². The highest BCUT2D eigenvalue weighted by molar-refractivity contribution is 5.28. The van der Waals surface area contributed by atoms with Gasteiger partial charge in [0.05, 0.1) is 0 Å². The number of aromatic nitrogens is 2. The molecule has 0 saturated heterocycles. The molecule has 18 heavy (non-hydrogen) atoms. The first-order valence-corrected chi connectivity index (χ1v) is 6.14. The topological polar surface area (TPSA) is 68.2 Å². The van der Waals surface area contributed by atoms with Crippen molar-refractivity contribution in [2.24, 2.45) is 5.73 Å². The molecule has 0 saturated carbocycles. The second-order valence-electron chi connectivity index (χ2n) is 4.02. The molecule has 1 aromatic heterocycles. The number of nitrogens with two attached hydrogens (primary N) is 1. The molecule has 1 heterocycles. The molecule has 2 rings (SSSR count). The maximum absolute atomic E-state index is 5.57. The summed E-state index contributed by atoms with van der Waals surface area (Å²) in [7, 11) is 0. The fourth-order valence-corrected chi connectivity index (χ4v) is 1.72. The van der Waals surface area contributed by atoms with Gasteiger partial charge in [-0.15, -0.1) is 5.10 Å². The van der Waals surface area contributed by atoms with Crippen molar-refractivity contribution in [3.8, 4) is 0 Å². The van der Waals surface area contributed by atoms with E-state index in [2.05, 4.69) is 29.3 Å². The largest absolute Gasteiger partial charge is 0.408 e. The van der Waals surface area contributed by atoms with Gasteiger partial charge in [-0.25, -0.2) is 0 Å². The molecule has 0 bridgehead atoms. The van der Waals surface area contributed by atoms with E-state index in [0.717, 1.165) is 13.1 Å². The van der Waals surface area contributed by atoms with Gasteiger partial charge < -0.3 is 15.1 Å². The minimum Gasteiger partial charge on any atom is -0.408 e. The third-order valence-electron chi connectivity index (χ3n) is 2.68. The highest BCUT2D eigenvalue weighted by atomic mass is 16.4. The van der Waals surface area contributed by atoms with Crippen LogP contribution in [0.4, 0.5) is 6.01 Å².